The van der Waals surface area contributed by atoms with Crippen LogP contribution < -0.4 is 10.9 Å². The van der Waals surface area contributed by atoms with Crippen molar-refractivity contribution in [3.8, 4) is 0 Å². The molecule has 0 spiro atoms. The van der Waals surface area contributed by atoms with Gasteiger partial charge in [0.15, 0.2) is 5.82 Å². The molecule has 8 nitrogen and oxygen atoms in total. The van der Waals surface area contributed by atoms with Gasteiger partial charge < -0.3 is 9.84 Å². The quantitative estimate of drug-likeness (QED) is 0.704. The number of hydrogen-bond acceptors (Lipinski definition) is 7. The number of carbonyl (C=O) groups is 1. The van der Waals surface area contributed by atoms with Crippen LogP contribution in [0.15, 0.2) is 15.6 Å². The van der Waals surface area contributed by atoms with E-state index < -0.39 is 5.54 Å². The highest BCUT2D eigenvalue weighted by molar-refractivity contribution is 7.18. The summed E-state index contributed by atoms with van der Waals surface area (Å²) >= 11 is 1.63. The van der Waals surface area contributed by atoms with E-state index in [0.717, 1.165) is 35.0 Å². The van der Waals surface area contributed by atoms with Gasteiger partial charge in [0.1, 0.15) is 4.83 Å². The van der Waals surface area contributed by atoms with Crippen LogP contribution in [-0.2, 0) is 29.7 Å². The van der Waals surface area contributed by atoms with Crippen LogP contribution in [0.25, 0.3) is 10.2 Å². The van der Waals surface area contributed by atoms with E-state index in [0.29, 0.717) is 11.7 Å². The third kappa shape index (κ3) is 3.46. The second-order valence-electron chi connectivity index (χ2n) is 7.69. The van der Waals surface area contributed by atoms with E-state index in [2.05, 4.69) is 20.4 Å². The van der Waals surface area contributed by atoms with E-state index in [4.69, 9.17) is 4.52 Å². The average Bonchev–Trinajstić information content (AvgIpc) is 3.25. The Morgan fingerprint density at radius 2 is 2.14 bits per heavy atom. The Hall–Kier alpha value is -2.55. The lowest BCUT2D eigenvalue weighted by atomic mass is 9.97. The molecule has 1 aliphatic carbocycles. The molecule has 0 radical (unpaired) electrons. The second kappa shape index (κ2) is 7.12. The van der Waals surface area contributed by atoms with Crippen molar-refractivity contribution < 1.29 is 9.32 Å². The van der Waals surface area contributed by atoms with Gasteiger partial charge in [-0.05, 0) is 45.1 Å². The Morgan fingerprint density at radius 1 is 1.36 bits per heavy atom. The smallest absolute Gasteiger partial charge is 0.262 e. The number of nitrogens with zero attached hydrogens (tertiary/aromatic N) is 4. The molecule has 3 heterocycles. The van der Waals surface area contributed by atoms with E-state index in [1.807, 2.05) is 13.8 Å². The highest BCUT2D eigenvalue weighted by Gasteiger charge is 2.28. The van der Waals surface area contributed by atoms with Gasteiger partial charge in [-0.15, -0.1) is 11.3 Å². The summed E-state index contributed by atoms with van der Waals surface area (Å²) in [5.74, 6) is 0.678. The minimum atomic E-state index is -0.756. The van der Waals surface area contributed by atoms with E-state index in [1.165, 1.54) is 15.9 Å². The molecule has 0 unspecified atom stereocenters. The lowest BCUT2D eigenvalue weighted by molar-refractivity contribution is -0.123. The van der Waals surface area contributed by atoms with Gasteiger partial charge in [0.2, 0.25) is 11.8 Å². The van der Waals surface area contributed by atoms with Crippen molar-refractivity contribution in [2.75, 3.05) is 0 Å². The first-order valence-electron chi connectivity index (χ1n) is 9.46. The summed E-state index contributed by atoms with van der Waals surface area (Å²) in [7, 11) is 0. The molecule has 4 rings (SSSR count). The summed E-state index contributed by atoms with van der Waals surface area (Å²) in [6.07, 6.45) is 5.97. The van der Waals surface area contributed by atoms with Crippen LogP contribution in [0, 0.1) is 6.92 Å². The summed E-state index contributed by atoms with van der Waals surface area (Å²) < 4.78 is 6.53. The van der Waals surface area contributed by atoms with Gasteiger partial charge in [-0.25, -0.2) is 4.98 Å². The van der Waals surface area contributed by atoms with Crippen LogP contribution in [0.4, 0.5) is 0 Å². The molecule has 0 saturated carbocycles. The molecular weight excluding hydrogens is 378 g/mol. The summed E-state index contributed by atoms with van der Waals surface area (Å²) in [5, 5.41) is 7.52. The number of hydrogen-bond donors (Lipinski definition) is 1. The summed E-state index contributed by atoms with van der Waals surface area (Å²) in [6.45, 7) is 5.60. The summed E-state index contributed by atoms with van der Waals surface area (Å²) in [4.78, 5) is 36.1. The molecule has 3 aromatic rings. The largest absolute Gasteiger partial charge is 0.344 e. The van der Waals surface area contributed by atoms with Crippen LogP contribution in [0.1, 0.15) is 55.3 Å². The van der Waals surface area contributed by atoms with Crippen LogP contribution in [0.3, 0.4) is 0 Å². The Bertz CT molecular complexity index is 1090. The first kappa shape index (κ1) is 18.8. The molecule has 1 amide bonds. The molecule has 9 heteroatoms. The number of thiophene rings is 1. The van der Waals surface area contributed by atoms with Crippen molar-refractivity contribution in [3.05, 3.63) is 38.8 Å². The van der Waals surface area contributed by atoms with E-state index in [-0.39, 0.29) is 24.4 Å². The molecule has 1 N–H and O–H groups in total. The summed E-state index contributed by atoms with van der Waals surface area (Å²) in [5.41, 5.74) is 0.357. The van der Waals surface area contributed by atoms with Gasteiger partial charge in [-0.1, -0.05) is 5.16 Å². The fourth-order valence-electron chi connectivity index (χ4n) is 3.58. The normalized spacial score (nSPS) is 14.2. The number of rotatable bonds is 5. The standard InChI is InChI=1S/C19H23N5O3S/c1-11-21-18(23-27-11)19(2,3)22-14(25)8-9-24-10-20-16-15(17(24)26)12-6-4-5-7-13(12)28-16/h10H,4-9H2,1-3H3,(H,22,25). The average molecular weight is 401 g/mol. The maximum absolute atomic E-state index is 12.9. The highest BCUT2D eigenvalue weighted by Crippen LogP contribution is 2.33. The first-order chi connectivity index (χ1) is 13.3. The van der Waals surface area contributed by atoms with Crippen molar-refractivity contribution in [2.24, 2.45) is 0 Å². The molecule has 1 aliphatic rings. The fourth-order valence-corrected chi connectivity index (χ4v) is 4.80. The van der Waals surface area contributed by atoms with Gasteiger partial charge in [0.25, 0.3) is 5.56 Å². The predicted molar refractivity (Wildman–Crippen MR) is 105 cm³/mol. The Kier molecular flexibility index (Phi) is 4.78. The highest BCUT2D eigenvalue weighted by atomic mass is 32.1. The number of carbonyl (C=O) groups excluding carboxylic acids is 1. The van der Waals surface area contributed by atoms with Crippen molar-refractivity contribution >= 4 is 27.5 Å². The van der Waals surface area contributed by atoms with Crippen molar-refractivity contribution in [1.82, 2.24) is 25.0 Å². The predicted octanol–water partition coefficient (Wildman–Crippen LogP) is 2.47. The molecule has 0 aliphatic heterocycles. The van der Waals surface area contributed by atoms with Crippen LogP contribution in [-0.4, -0.2) is 25.6 Å². The topological polar surface area (TPSA) is 103 Å². The van der Waals surface area contributed by atoms with Crippen molar-refractivity contribution in [1.29, 1.82) is 0 Å². The minimum absolute atomic E-state index is 0.0507. The Morgan fingerprint density at radius 3 is 2.89 bits per heavy atom. The molecule has 148 valence electrons. The van der Waals surface area contributed by atoms with Crippen molar-refractivity contribution in [2.45, 2.75) is 65.0 Å². The molecule has 0 fully saturated rings. The zero-order valence-electron chi connectivity index (χ0n) is 16.2. The van der Waals surface area contributed by atoms with E-state index >= 15 is 0 Å². The first-order valence-corrected chi connectivity index (χ1v) is 10.3. The molecule has 28 heavy (non-hydrogen) atoms. The lowest BCUT2D eigenvalue weighted by Crippen LogP contribution is -2.42. The fraction of sp³-hybridized carbons (Fsp3) is 0.526. The zero-order valence-corrected chi connectivity index (χ0v) is 17.1. The lowest BCUT2D eigenvalue weighted by Gasteiger charge is -2.22. The SMILES string of the molecule is Cc1nc(C(C)(C)NC(=O)CCn2cnc3sc4c(c3c2=O)CCCC4)no1. The molecule has 3 aromatic heterocycles. The van der Waals surface area contributed by atoms with Gasteiger partial charge in [0.05, 0.1) is 17.3 Å². The monoisotopic (exact) mass is 401 g/mol. The number of fused-ring (bicyclic) bond motifs is 3. The molecule has 0 bridgehead atoms. The minimum Gasteiger partial charge on any atom is -0.344 e. The van der Waals surface area contributed by atoms with Gasteiger partial charge in [-0.3, -0.25) is 14.2 Å². The Balaban J connectivity index is 1.49. The molecular formula is C19H23N5O3S. The van der Waals surface area contributed by atoms with Crippen LogP contribution in [0.5, 0.6) is 0 Å². The number of nitrogens with one attached hydrogen (secondary N) is 1. The maximum Gasteiger partial charge on any atom is 0.262 e. The molecule has 0 atom stereocenters. The molecule has 0 saturated heterocycles. The zero-order chi connectivity index (χ0) is 19.9. The third-order valence-corrected chi connectivity index (χ3v) is 6.26. The maximum atomic E-state index is 12.9. The molecule has 0 aromatic carbocycles. The van der Waals surface area contributed by atoms with Crippen LogP contribution in [0.2, 0.25) is 0 Å². The number of amides is 1. The second-order valence-corrected chi connectivity index (χ2v) is 8.78. The number of aryl methyl sites for hydroxylation is 4. The third-order valence-electron chi connectivity index (χ3n) is 5.06. The van der Waals surface area contributed by atoms with E-state index in [9.17, 15) is 9.59 Å². The number of aromatic nitrogens is 4. The summed E-state index contributed by atoms with van der Waals surface area (Å²) in [6, 6.07) is 0. The van der Waals surface area contributed by atoms with Crippen LogP contribution >= 0.6 is 11.3 Å². The van der Waals surface area contributed by atoms with Gasteiger partial charge in [-0.2, -0.15) is 4.98 Å². The van der Waals surface area contributed by atoms with Gasteiger partial charge in [0, 0.05) is 24.8 Å². The Labute approximate surface area is 166 Å². The van der Waals surface area contributed by atoms with Gasteiger partial charge >= 0.3 is 0 Å². The van der Waals surface area contributed by atoms with E-state index in [1.54, 1.807) is 24.6 Å². The van der Waals surface area contributed by atoms with Crippen molar-refractivity contribution in [3.63, 3.8) is 0 Å².